The van der Waals surface area contributed by atoms with Crippen molar-refractivity contribution in [3.8, 4) is 0 Å². The zero-order valence-corrected chi connectivity index (χ0v) is 6.18. The van der Waals surface area contributed by atoms with Crippen LogP contribution in [0.2, 0.25) is 0 Å². The zero-order chi connectivity index (χ0) is 8.81. The second-order valence-corrected chi connectivity index (χ2v) is 3.24. The standard InChI is InChI=1S/C6H13NO4/c1-6(7)4(10)2(8)3(9)5(6)11/h2-5,8-11H,7H2,1H3/t2-,3+,4+,5-,6?. The molecule has 11 heavy (non-hydrogen) atoms. The summed E-state index contributed by atoms with van der Waals surface area (Å²) in [6.07, 6.45) is -5.29. The summed E-state index contributed by atoms with van der Waals surface area (Å²) in [5.74, 6) is 0. The first-order valence-corrected chi connectivity index (χ1v) is 3.40. The van der Waals surface area contributed by atoms with Crippen molar-refractivity contribution in [2.75, 3.05) is 0 Å². The number of aliphatic hydroxyl groups is 4. The largest absolute Gasteiger partial charge is 0.388 e. The third-order valence-corrected chi connectivity index (χ3v) is 2.27. The van der Waals surface area contributed by atoms with Crippen molar-refractivity contribution in [3.63, 3.8) is 0 Å². The van der Waals surface area contributed by atoms with Gasteiger partial charge in [0.1, 0.15) is 24.4 Å². The van der Waals surface area contributed by atoms with E-state index >= 15 is 0 Å². The van der Waals surface area contributed by atoms with Crippen LogP contribution >= 0.6 is 0 Å². The van der Waals surface area contributed by atoms with E-state index in [1.54, 1.807) is 0 Å². The van der Waals surface area contributed by atoms with Crippen molar-refractivity contribution >= 4 is 0 Å². The fourth-order valence-corrected chi connectivity index (χ4v) is 1.28. The first-order valence-electron chi connectivity index (χ1n) is 3.40. The lowest BCUT2D eigenvalue weighted by Gasteiger charge is -2.26. The molecule has 1 fully saturated rings. The molecule has 0 amide bonds. The molecule has 0 radical (unpaired) electrons. The molecule has 66 valence electrons. The van der Waals surface area contributed by atoms with Crippen LogP contribution in [0.25, 0.3) is 0 Å². The summed E-state index contributed by atoms with van der Waals surface area (Å²) in [4.78, 5) is 0. The van der Waals surface area contributed by atoms with E-state index in [4.69, 9.17) is 15.9 Å². The van der Waals surface area contributed by atoms with Crippen molar-refractivity contribution in [1.29, 1.82) is 0 Å². The van der Waals surface area contributed by atoms with E-state index in [0.717, 1.165) is 0 Å². The summed E-state index contributed by atoms with van der Waals surface area (Å²) in [5, 5.41) is 36.4. The number of rotatable bonds is 0. The van der Waals surface area contributed by atoms with E-state index in [-0.39, 0.29) is 0 Å². The predicted octanol–water partition coefficient (Wildman–Crippen LogP) is -2.84. The summed E-state index contributed by atoms with van der Waals surface area (Å²) < 4.78 is 0. The Labute approximate surface area is 64.1 Å². The minimum Gasteiger partial charge on any atom is -0.388 e. The monoisotopic (exact) mass is 163 g/mol. The first kappa shape index (κ1) is 8.89. The lowest BCUT2D eigenvalue weighted by molar-refractivity contribution is -0.0413. The van der Waals surface area contributed by atoms with Crippen molar-refractivity contribution in [2.24, 2.45) is 5.73 Å². The Morgan fingerprint density at radius 1 is 1.00 bits per heavy atom. The second-order valence-electron chi connectivity index (χ2n) is 3.24. The maximum absolute atomic E-state index is 9.17. The molecule has 1 rings (SSSR count). The van der Waals surface area contributed by atoms with Crippen LogP contribution in [0, 0.1) is 0 Å². The fourth-order valence-electron chi connectivity index (χ4n) is 1.28. The highest BCUT2D eigenvalue weighted by Crippen LogP contribution is 2.28. The Balaban J connectivity index is 2.87. The van der Waals surface area contributed by atoms with Crippen LogP contribution in [0.1, 0.15) is 6.92 Å². The van der Waals surface area contributed by atoms with Gasteiger partial charge in [0, 0.05) is 0 Å². The molecule has 5 nitrogen and oxygen atoms in total. The molecule has 1 aliphatic rings. The second kappa shape index (κ2) is 2.40. The van der Waals surface area contributed by atoms with Gasteiger partial charge in [-0.05, 0) is 6.92 Å². The van der Waals surface area contributed by atoms with Crippen molar-refractivity contribution in [1.82, 2.24) is 0 Å². The molecule has 6 N–H and O–H groups in total. The van der Waals surface area contributed by atoms with E-state index in [1.807, 2.05) is 0 Å². The molecule has 5 atom stereocenters. The van der Waals surface area contributed by atoms with Gasteiger partial charge in [0.05, 0.1) is 5.54 Å². The molecule has 1 unspecified atom stereocenters. The highest BCUT2D eigenvalue weighted by molar-refractivity contribution is 5.09. The summed E-state index contributed by atoms with van der Waals surface area (Å²) in [7, 11) is 0. The van der Waals surface area contributed by atoms with E-state index < -0.39 is 30.0 Å². The Kier molecular flexibility index (Phi) is 1.94. The third-order valence-electron chi connectivity index (χ3n) is 2.27. The molecule has 1 saturated carbocycles. The van der Waals surface area contributed by atoms with Crippen LogP contribution in [0.3, 0.4) is 0 Å². The summed E-state index contributed by atoms with van der Waals surface area (Å²) in [6, 6.07) is 0. The molecule has 0 aromatic heterocycles. The van der Waals surface area contributed by atoms with Gasteiger partial charge in [-0.25, -0.2) is 0 Å². The molecule has 0 aliphatic heterocycles. The van der Waals surface area contributed by atoms with E-state index in [0.29, 0.717) is 0 Å². The Bertz CT molecular complexity index is 145. The molecule has 0 heterocycles. The van der Waals surface area contributed by atoms with Crippen molar-refractivity contribution < 1.29 is 20.4 Å². The fraction of sp³-hybridized carbons (Fsp3) is 1.00. The van der Waals surface area contributed by atoms with Gasteiger partial charge in [-0.3, -0.25) is 0 Å². The smallest absolute Gasteiger partial charge is 0.110 e. The Morgan fingerprint density at radius 2 is 1.27 bits per heavy atom. The van der Waals surface area contributed by atoms with Crippen LogP contribution in [0.15, 0.2) is 0 Å². The molecule has 0 saturated heterocycles. The van der Waals surface area contributed by atoms with Gasteiger partial charge in [-0.2, -0.15) is 0 Å². The van der Waals surface area contributed by atoms with Crippen LogP contribution in [0.5, 0.6) is 0 Å². The van der Waals surface area contributed by atoms with Gasteiger partial charge in [-0.1, -0.05) is 0 Å². The predicted molar refractivity (Wildman–Crippen MR) is 36.6 cm³/mol. The quantitative estimate of drug-likeness (QED) is 0.264. The number of hydrogen-bond donors (Lipinski definition) is 5. The van der Waals surface area contributed by atoms with Gasteiger partial charge in [0.25, 0.3) is 0 Å². The summed E-state index contributed by atoms with van der Waals surface area (Å²) in [5.41, 5.74) is 4.09. The van der Waals surface area contributed by atoms with E-state index in [1.165, 1.54) is 6.92 Å². The first-order chi connectivity index (χ1) is 4.89. The van der Waals surface area contributed by atoms with Gasteiger partial charge < -0.3 is 26.2 Å². The normalized spacial score (nSPS) is 58.4. The zero-order valence-electron chi connectivity index (χ0n) is 6.18. The van der Waals surface area contributed by atoms with E-state index in [9.17, 15) is 10.2 Å². The molecular formula is C6H13NO4. The topological polar surface area (TPSA) is 107 Å². The number of hydrogen-bond acceptors (Lipinski definition) is 5. The minimum absolute atomic E-state index is 1.28. The summed E-state index contributed by atoms with van der Waals surface area (Å²) in [6.45, 7) is 1.38. The molecule has 0 aromatic carbocycles. The van der Waals surface area contributed by atoms with Crippen LogP contribution in [-0.2, 0) is 0 Å². The average Bonchev–Trinajstić information content (AvgIpc) is 2.06. The Hall–Kier alpha value is -0.200. The van der Waals surface area contributed by atoms with Gasteiger partial charge in [0.15, 0.2) is 0 Å². The average molecular weight is 163 g/mol. The molecule has 0 spiro atoms. The Morgan fingerprint density at radius 3 is 1.36 bits per heavy atom. The van der Waals surface area contributed by atoms with Gasteiger partial charge in [-0.15, -0.1) is 0 Å². The summed E-state index contributed by atoms with van der Waals surface area (Å²) >= 11 is 0. The van der Waals surface area contributed by atoms with E-state index in [2.05, 4.69) is 0 Å². The third kappa shape index (κ3) is 1.05. The molecule has 5 heteroatoms. The van der Waals surface area contributed by atoms with Crippen LogP contribution in [-0.4, -0.2) is 50.4 Å². The van der Waals surface area contributed by atoms with Crippen LogP contribution in [0.4, 0.5) is 0 Å². The van der Waals surface area contributed by atoms with Crippen LogP contribution < -0.4 is 5.73 Å². The highest BCUT2D eigenvalue weighted by Gasteiger charge is 2.54. The number of aliphatic hydroxyl groups excluding tert-OH is 4. The maximum Gasteiger partial charge on any atom is 0.110 e. The minimum atomic E-state index is -1.36. The van der Waals surface area contributed by atoms with Gasteiger partial charge >= 0.3 is 0 Å². The lowest BCUT2D eigenvalue weighted by Crippen LogP contribution is -2.53. The molecule has 1 aliphatic carbocycles. The lowest BCUT2D eigenvalue weighted by atomic mass is 9.97. The van der Waals surface area contributed by atoms with Gasteiger partial charge in [0.2, 0.25) is 0 Å². The molecule has 0 bridgehead atoms. The molecule has 0 aromatic rings. The number of nitrogens with two attached hydrogens (primary N) is 1. The SMILES string of the molecule is CC1(N)[C@H](O)[C@@H](O)[C@@H](O)[C@@H]1O. The highest BCUT2D eigenvalue weighted by atomic mass is 16.4. The van der Waals surface area contributed by atoms with Crippen molar-refractivity contribution in [2.45, 2.75) is 36.9 Å². The maximum atomic E-state index is 9.17. The van der Waals surface area contributed by atoms with Crippen molar-refractivity contribution in [3.05, 3.63) is 0 Å². The molecular weight excluding hydrogens is 150 g/mol.